The van der Waals surface area contributed by atoms with E-state index in [2.05, 4.69) is 10.6 Å². The molecule has 0 aliphatic carbocycles. The van der Waals surface area contributed by atoms with Crippen LogP contribution in [0, 0.1) is 0 Å². The predicted octanol–water partition coefficient (Wildman–Crippen LogP) is 4.48. The van der Waals surface area contributed by atoms with Gasteiger partial charge in [0.2, 0.25) is 5.91 Å². The maximum Gasteiger partial charge on any atom is 0.416 e. The lowest BCUT2D eigenvalue weighted by Crippen LogP contribution is -2.38. The summed E-state index contributed by atoms with van der Waals surface area (Å²) in [6, 6.07) is 12.5. The zero-order chi connectivity index (χ0) is 23.1. The molecule has 6 nitrogen and oxygen atoms in total. The van der Waals surface area contributed by atoms with Crippen molar-refractivity contribution in [2.24, 2.45) is 0 Å². The number of urea groups is 1. The number of hydrogen-bond acceptors (Lipinski definition) is 3. The van der Waals surface area contributed by atoms with Gasteiger partial charge < -0.3 is 20.4 Å². The van der Waals surface area contributed by atoms with Gasteiger partial charge in [-0.15, -0.1) is 0 Å². The van der Waals surface area contributed by atoms with E-state index in [1.165, 1.54) is 11.0 Å². The Morgan fingerprint density at radius 2 is 1.75 bits per heavy atom. The first-order valence-electron chi connectivity index (χ1n) is 10.5. The van der Waals surface area contributed by atoms with Crippen molar-refractivity contribution in [2.45, 2.75) is 32.0 Å². The van der Waals surface area contributed by atoms with Gasteiger partial charge in [-0.3, -0.25) is 4.79 Å². The standard InChI is InChI=1S/C23H27F3N4O2/c1-29(16-17-7-3-2-4-8-17)22(32)27-12-11-21(31)28-19-15-18(23(24,25)26)9-10-20(19)30-13-5-6-14-30/h2-4,7-10,15H,5-6,11-14,16H2,1H3,(H,27,32)(H,28,31). The predicted molar refractivity (Wildman–Crippen MR) is 117 cm³/mol. The number of nitrogens with one attached hydrogen (secondary N) is 2. The van der Waals surface area contributed by atoms with Crippen LogP contribution < -0.4 is 15.5 Å². The molecule has 2 aromatic carbocycles. The first-order chi connectivity index (χ1) is 15.2. The third kappa shape index (κ3) is 6.38. The molecular formula is C23H27F3N4O2. The molecule has 2 N–H and O–H groups in total. The van der Waals surface area contributed by atoms with Crippen molar-refractivity contribution < 1.29 is 22.8 Å². The molecule has 0 radical (unpaired) electrons. The van der Waals surface area contributed by atoms with Crippen LogP contribution in [0.15, 0.2) is 48.5 Å². The quantitative estimate of drug-likeness (QED) is 0.657. The topological polar surface area (TPSA) is 64.7 Å². The number of nitrogens with zero attached hydrogens (tertiary/aromatic N) is 2. The number of hydrogen-bond donors (Lipinski definition) is 2. The van der Waals surface area contributed by atoms with E-state index in [1.807, 2.05) is 35.2 Å². The van der Waals surface area contributed by atoms with E-state index in [-0.39, 0.29) is 24.7 Å². The lowest BCUT2D eigenvalue weighted by molar-refractivity contribution is -0.137. The van der Waals surface area contributed by atoms with Gasteiger partial charge in [-0.25, -0.2) is 4.79 Å². The fraction of sp³-hybridized carbons (Fsp3) is 0.391. The first-order valence-corrected chi connectivity index (χ1v) is 10.5. The monoisotopic (exact) mass is 448 g/mol. The van der Waals surface area contributed by atoms with Crippen molar-refractivity contribution in [2.75, 3.05) is 36.9 Å². The third-order valence-corrected chi connectivity index (χ3v) is 5.28. The van der Waals surface area contributed by atoms with Crippen LogP contribution in [0.1, 0.15) is 30.4 Å². The van der Waals surface area contributed by atoms with E-state index in [1.54, 1.807) is 7.05 Å². The number of carbonyl (C=O) groups is 2. The van der Waals surface area contributed by atoms with Gasteiger partial charge >= 0.3 is 12.2 Å². The summed E-state index contributed by atoms with van der Waals surface area (Å²) in [6.07, 6.45) is -2.64. The summed E-state index contributed by atoms with van der Waals surface area (Å²) in [5.41, 5.74) is 0.878. The van der Waals surface area contributed by atoms with Crippen molar-refractivity contribution >= 4 is 23.3 Å². The van der Waals surface area contributed by atoms with Gasteiger partial charge in [-0.05, 0) is 36.6 Å². The van der Waals surface area contributed by atoms with E-state index in [9.17, 15) is 22.8 Å². The largest absolute Gasteiger partial charge is 0.416 e. The fourth-order valence-corrected chi connectivity index (χ4v) is 3.61. The summed E-state index contributed by atoms with van der Waals surface area (Å²) in [5.74, 6) is -0.462. The number of alkyl halides is 3. The van der Waals surface area contributed by atoms with Crippen LogP contribution in [0.3, 0.4) is 0 Å². The molecule has 1 saturated heterocycles. The van der Waals surface area contributed by atoms with Gasteiger partial charge in [-0.1, -0.05) is 30.3 Å². The average molecular weight is 448 g/mol. The van der Waals surface area contributed by atoms with Crippen LogP contribution in [0.25, 0.3) is 0 Å². The van der Waals surface area contributed by atoms with Crippen LogP contribution in [0.5, 0.6) is 0 Å². The lowest BCUT2D eigenvalue weighted by Gasteiger charge is -2.23. The Morgan fingerprint density at radius 1 is 1.06 bits per heavy atom. The average Bonchev–Trinajstić information content (AvgIpc) is 3.28. The molecule has 0 unspecified atom stereocenters. The van der Waals surface area contributed by atoms with Gasteiger partial charge in [0.15, 0.2) is 0 Å². The van der Waals surface area contributed by atoms with Crippen molar-refractivity contribution in [3.8, 4) is 0 Å². The summed E-state index contributed by atoms with van der Waals surface area (Å²) >= 11 is 0. The van der Waals surface area contributed by atoms with Gasteiger partial charge in [0, 0.05) is 39.6 Å². The summed E-state index contributed by atoms with van der Waals surface area (Å²) in [5, 5.41) is 5.26. The maximum absolute atomic E-state index is 13.2. The molecule has 0 bridgehead atoms. The van der Waals surface area contributed by atoms with Crippen molar-refractivity contribution in [1.29, 1.82) is 0 Å². The number of halogens is 3. The van der Waals surface area contributed by atoms with Gasteiger partial charge in [0.25, 0.3) is 0 Å². The molecule has 1 aliphatic heterocycles. The van der Waals surface area contributed by atoms with Crippen LogP contribution in [-0.4, -0.2) is 43.5 Å². The fourth-order valence-electron chi connectivity index (χ4n) is 3.61. The summed E-state index contributed by atoms with van der Waals surface area (Å²) in [7, 11) is 1.65. The van der Waals surface area contributed by atoms with Crippen molar-refractivity contribution in [1.82, 2.24) is 10.2 Å². The highest BCUT2D eigenvalue weighted by Gasteiger charge is 2.32. The molecule has 3 amide bonds. The Morgan fingerprint density at radius 3 is 2.41 bits per heavy atom. The highest BCUT2D eigenvalue weighted by molar-refractivity contribution is 5.95. The number of anilines is 2. The lowest BCUT2D eigenvalue weighted by atomic mass is 10.1. The van der Waals surface area contributed by atoms with Gasteiger partial charge in [-0.2, -0.15) is 13.2 Å². The molecule has 3 rings (SSSR count). The molecule has 1 heterocycles. The molecular weight excluding hydrogens is 421 g/mol. The summed E-state index contributed by atoms with van der Waals surface area (Å²) in [4.78, 5) is 28.1. The third-order valence-electron chi connectivity index (χ3n) is 5.28. The number of carbonyl (C=O) groups excluding carboxylic acids is 2. The van der Waals surface area contributed by atoms with E-state index in [4.69, 9.17) is 0 Å². The first kappa shape index (κ1) is 23.4. The van der Waals surface area contributed by atoms with Crippen LogP contribution in [0.2, 0.25) is 0 Å². The minimum atomic E-state index is -4.50. The second-order valence-corrected chi connectivity index (χ2v) is 7.80. The highest BCUT2D eigenvalue weighted by atomic mass is 19.4. The second-order valence-electron chi connectivity index (χ2n) is 7.80. The van der Waals surface area contributed by atoms with Crippen LogP contribution >= 0.6 is 0 Å². The van der Waals surface area contributed by atoms with Crippen LogP contribution in [-0.2, 0) is 17.5 Å². The Balaban J connectivity index is 1.56. The molecule has 2 aromatic rings. The zero-order valence-corrected chi connectivity index (χ0v) is 17.9. The minimum Gasteiger partial charge on any atom is -0.370 e. The van der Waals surface area contributed by atoms with E-state index in [0.29, 0.717) is 12.2 Å². The normalized spacial score (nSPS) is 13.7. The molecule has 0 atom stereocenters. The Kier molecular flexibility index (Phi) is 7.61. The number of amides is 3. The van der Waals surface area contributed by atoms with E-state index >= 15 is 0 Å². The van der Waals surface area contributed by atoms with E-state index < -0.39 is 17.6 Å². The van der Waals surface area contributed by atoms with Crippen molar-refractivity contribution in [3.63, 3.8) is 0 Å². The second kappa shape index (κ2) is 10.4. The maximum atomic E-state index is 13.2. The molecule has 0 saturated carbocycles. The van der Waals surface area contributed by atoms with Crippen LogP contribution in [0.4, 0.5) is 29.3 Å². The molecule has 1 fully saturated rings. The molecule has 0 spiro atoms. The minimum absolute atomic E-state index is 0.0550. The Hall–Kier alpha value is -3.23. The SMILES string of the molecule is CN(Cc1ccccc1)C(=O)NCCC(=O)Nc1cc(C(F)(F)F)ccc1N1CCCC1. The highest BCUT2D eigenvalue weighted by Crippen LogP contribution is 2.36. The number of rotatable bonds is 7. The van der Waals surface area contributed by atoms with Gasteiger partial charge in [0.05, 0.1) is 16.9 Å². The Bertz CT molecular complexity index is 929. The molecule has 32 heavy (non-hydrogen) atoms. The molecule has 0 aromatic heterocycles. The number of benzene rings is 2. The summed E-state index contributed by atoms with van der Waals surface area (Å²) < 4.78 is 39.5. The van der Waals surface area contributed by atoms with E-state index in [0.717, 1.165) is 43.6 Å². The molecule has 9 heteroatoms. The molecule has 1 aliphatic rings. The van der Waals surface area contributed by atoms with Gasteiger partial charge in [0.1, 0.15) is 0 Å². The smallest absolute Gasteiger partial charge is 0.370 e. The van der Waals surface area contributed by atoms with Crippen molar-refractivity contribution in [3.05, 3.63) is 59.7 Å². The zero-order valence-electron chi connectivity index (χ0n) is 17.9. The molecule has 172 valence electrons. The summed E-state index contributed by atoms with van der Waals surface area (Å²) in [6.45, 7) is 1.96. The Labute approximate surface area is 185 Å².